The minimum atomic E-state index is -0.904. The zero-order chi connectivity index (χ0) is 14.3. The first-order valence-electron chi connectivity index (χ1n) is 5.75. The minimum absolute atomic E-state index is 0.0800. The molecule has 2 aromatic heterocycles. The van der Waals surface area contributed by atoms with E-state index in [0.29, 0.717) is 32.6 Å². The van der Waals surface area contributed by atoms with Crippen molar-refractivity contribution in [3.05, 3.63) is 29.0 Å². The number of benzene rings is 1. The lowest BCUT2D eigenvalue weighted by Gasteiger charge is -2.00. The van der Waals surface area contributed by atoms with Crippen molar-refractivity contribution in [2.24, 2.45) is 0 Å². The smallest absolute Gasteiger partial charge is 0.313 e. The van der Waals surface area contributed by atoms with E-state index >= 15 is 0 Å². The average Bonchev–Trinajstić information content (AvgIpc) is 2.74. The molecule has 1 N–H and O–H groups in total. The highest BCUT2D eigenvalue weighted by Crippen LogP contribution is 2.34. The predicted octanol–water partition coefficient (Wildman–Crippen LogP) is 3.51. The fraction of sp³-hybridized carbons (Fsp3) is 0.154. The van der Waals surface area contributed by atoms with Crippen LogP contribution < -0.4 is 0 Å². The van der Waals surface area contributed by atoms with Crippen LogP contribution in [-0.4, -0.2) is 26.8 Å². The molecule has 0 aliphatic carbocycles. The highest BCUT2D eigenvalue weighted by atomic mass is 35.5. The van der Waals surface area contributed by atoms with E-state index in [4.69, 9.17) is 21.1 Å². The highest BCUT2D eigenvalue weighted by Gasteiger charge is 2.16. The molecular weight excluding hydrogens is 300 g/mol. The molecule has 3 rings (SSSR count). The van der Waals surface area contributed by atoms with Crippen LogP contribution >= 0.6 is 23.4 Å². The number of aromatic nitrogens is 2. The number of nitrogens with zero attached hydrogens (tertiary/aromatic N) is 2. The molecule has 20 heavy (non-hydrogen) atoms. The number of aliphatic carboxylic acids is 1. The van der Waals surface area contributed by atoms with Crippen molar-refractivity contribution >= 4 is 51.4 Å². The first-order valence-corrected chi connectivity index (χ1v) is 7.12. The second-order valence-corrected chi connectivity index (χ2v) is 5.58. The Kier molecular flexibility index (Phi) is 3.27. The number of rotatable bonds is 3. The lowest BCUT2D eigenvalue weighted by atomic mass is 10.2. The van der Waals surface area contributed by atoms with Gasteiger partial charge in [0.15, 0.2) is 5.58 Å². The summed E-state index contributed by atoms with van der Waals surface area (Å²) in [6.45, 7) is 1.76. The summed E-state index contributed by atoms with van der Waals surface area (Å²) in [7, 11) is 0. The van der Waals surface area contributed by atoms with Gasteiger partial charge in [0, 0.05) is 10.4 Å². The molecule has 0 aliphatic heterocycles. The standard InChI is InChI=1S/C13H9ClN2O3S/c1-6-15-11-8-4-7(14)2-3-9(8)19-12(11)13(16-6)20-5-10(17)18/h2-4H,5H2,1H3,(H,17,18). The predicted molar refractivity (Wildman–Crippen MR) is 77.4 cm³/mol. The van der Waals surface area contributed by atoms with Crippen molar-refractivity contribution in [2.75, 3.05) is 5.75 Å². The van der Waals surface area contributed by atoms with Crippen LogP contribution in [-0.2, 0) is 4.79 Å². The van der Waals surface area contributed by atoms with Crippen LogP contribution in [0, 0.1) is 6.92 Å². The summed E-state index contributed by atoms with van der Waals surface area (Å²) in [4.78, 5) is 19.3. The topological polar surface area (TPSA) is 76.2 Å². The van der Waals surface area contributed by atoms with Crippen molar-refractivity contribution in [3.8, 4) is 0 Å². The Hall–Kier alpha value is -1.79. The highest BCUT2D eigenvalue weighted by molar-refractivity contribution is 8.00. The minimum Gasteiger partial charge on any atom is -0.481 e. The number of halogens is 1. The number of carboxylic acids is 1. The van der Waals surface area contributed by atoms with E-state index in [1.807, 2.05) is 0 Å². The third-order valence-electron chi connectivity index (χ3n) is 2.69. The van der Waals surface area contributed by atoms with E-state index in [9.17, 15) is 4.79 Å². The first-order chi connectivity index (χ1) is 9.54. The Morgan fingerprint density at radius 3 is 3.00 bits per heavy atom. The molecule has 0 spiro atoms. The number of carbonyl (C=O) groups is 1. The molecule has 0 saturated carbocycles. The van der Waals surface area contributed by atoms with Crippen LogP contribution in [0.3, 0.4) is 0 Å². The molecule has 0 amide bonds. The molecule has 1 aromatic carbocycles. The third-order valence-corrected chi connectivity index (χ3v) is 3.86. The number of hydrogen-bond acceptors (Lipinski definition) is 5. The molecular formula is C13H9ClN2O3S. The summed E-state index contributed by atoms with van der Waals surface area (Å²) < 4.78 is 5.73. The van der Waals surface area contributed by atoms with E-state index in [1.54, 1.807) is 25.1 Å². The molecule has 5 nitrogen and oxygen atoms in total. The molecule has 0 saturated heterocycles. The van der Waals surface area contributed by atoms with E-state index in [2.05, 4.69) is 9.97 Å². The van der Waals surface area contributed by atoms with Crippen molar-refractivity contribution in [1.29, 1.82) is 0 Å². The zero-order valence-electron chi connectivity index (χ0n) is 10.4. The van der Waals surface area contributed by atoms with Gasteiger partial charge in [-0.3, -0.25) is 4.79 Å². The van der Waals surface area contributed by atoms with Gasteiger partial charge in [-0.15, -0.1) is 0 Å². The fourth-order valence-electron chi connectivity index (χ4n) is 1.93. The van der Waals surface area contributed by atoms with Crippen molar-refractivity contribution in [1.82, 2.24) is 9.97 Å². The largest absolute Gasteiger partial charge is 0.481 e. The van der Waals surface area contributed by atoms with Crippen LogP contribution in [0.15, 0.2) is 27.6 Å². The SMILES string of the molecule is Cc1nc(SCC(=O)O)c2oc3ccc(Cl)cc3c2n1. The second kappa shape index (κ2) is 4.96. The third kappa shape index (κ3) is 2.32. The lowest BCUT2D eigenvalue weighted by molar-refractivity contribution is -0.133. The van der Waals surface area contributed by atoms with Crippen molar-refractivity contribution < 1.29 is 14.3 Å². The maximum Gasteiger partial charge on any atom is 0.313 e. The summed E-state index contributed by atoms with van der Waals surface area (Å²) in [6.07, 6.45) is 0. The summed E-state index contributed by atoms with van der Waals surface area (Å²) in [6, 6.07) is 5.28. The first kappa shape index (κ1) is 13.2. The van der Waals surface area contributed by atoms with E-state index < -0.39 is 5.97 Å². The van der Waals surface area contributed by atoms with Crippen molar-refractivity contribution in [2.45, 2.75) is 11.9 Å². The summed E-state index contributed by atoms with van der Waals surface area (Å²) in [5.74, 6) is -0.421. The number of thioether (sulfide) groups is 1. The number of carboxylic acid groups (broad SMARTS) is 1. The monoisotopic (exact) mass is 308 g/mol. The molecule has 0 unspecified atom stereocenters. The van der Waals surface area contributed by atoms with Gasteiger partial charge in [0.1, 0.15) is 22.0 Å². The Morgan fingerprint density at radius 1 is 1.45 bits per heavy atom. The Labute approximate surface area is 123 Å². The van der Waals surface area contributed by atoms with Gasteiger partial charge in [-0.2, -0.15) is 0 Å². The van der Waals surface area contributed by atoms with E-state index in [0.717, 1.165) is 17.1 Å². The number of furan rings is 1. The van der Waals surface area contributed by atoms with Gasteiger partial charge < -0.3 is 9.52 Å². The number of hydrogen-bond donors (Lipinski definition) is 1. The second-order valence-electron chi connectivity index (χ2n) is 4.18. The van der Waals surface area contributed by atoms with Gasteiger partial charge in [0.2, 0.25) is 0 Å². The van der Waals surface area contributed by atoms with Gasteiger partial charge >= 0.3 is 5.97 Å². The van der Waals surface area contributed by atoms with Crippen LogP contribution in [0.2, 0.25) is 5.02 Å². The van der Waals surface area contributed by atoms with Gasteiger partial charge in [-0.1, -0.05) is 23.4 Å². The molecule has 2 heterocycles. The molecule has 7 heteroatoms. The molecule has 0 atom stereocenters. The van der Waals surface area contributed by atoms with Gasteiger partial charge in [-0.05, 0) is 25.1 Å². The van der Waals surface area contributed by atoms with Gasteiger partial charge in [0.05, 0.1) is 5.75 Å². The summed E-state index contributed by atoms with van der Waals surface area (Å²) in [5, 5.41) is 10.7. The normalized spacial score (nSPS) is 11.3. The van der Waals surface area contributed by atoms with Crippen LogP contribution in [0.4, 0.5) is 0 Å². The molecule has 0 radical (unpaired) electrons. The summed E-state index contributed by atoms with van der Waals surface area (Å²) in [5.41, 5.74) is 1.81. The molecule has 102 valence electrons. The maximum absolute atomic E-state index is 10.7. The fourth-order valence-corrected chi connectivity index (χ4v) is 2.82. The molecule has 0 bridgehead atoms. The molecule has 0 aliphatic rings. The van der Waals surface area contributed by atoms with Crippen molar-refractivity contribution in [3.63, 3.8) is 0 Å². The number of fused-ring (bicyclic) bond motifs is 3. The molecule has 0 fully saturated rings. The van der Waals surface area contributed by atoms with Crippen LogP contribution in [0.1, 0.15) is 5.82 Å². The van der Waals surface area contributed by atoms with E-state index in [1.165, 1.54) is 0 Å². The van der Waals surface area contributed by atoms with Crippen LogP contribution in [0.5, 0.6) is 0 Å². The maximum atomic E-state index is 10.7. The quantitative estimate of drug-likeness (QED) is 0.589. The Balaban J connectivity index is 2.25. The summed E-state index contributed by atoms with van der Waals surface area (Å²) >= 11 is 7.10. The number of aryl methyl sites for hydroxylation is 1. The lowest BCUT2D eigenvalue weighted by Crippen LogP contribution is -1.99. The van der Waals surface area contributed by atoms with Gasteiger partial charge in [-0.25, -0.2) is 9.97 Å². The average molecular weight is 309 g/mol. The van der Waals surface area contributed by atoms with E-state index in [-0.39, 0.29) is 5.75 Å². The Bertz CT molecular complexity index is 831. The molecule has 3 aromatic rings. The van der Waals surface area contributed by atoms with Crippen LogP contribution in [0.25, 0.3) is 22.1 Å². The van der Waals surface area contributed by atoms with Gasteiger partial charge in [0.25, 0.3) is 0 Å². The Morgan fingerprint density at radius 2 is 2.25 bits per heavy atom. The zero-order valence-corrected chi connectivity index (χ0v) is 12.0.